The number of hydrogen-bond acceptors (Lipinski definition) is 0. The van der Waals surface area contributed by atoms with Crippen molar-refractivity contribution >= 4 is 26.7 Å². The lowest BCUT2D eigenvalue weighted by Crippen LogP contribution is -1.93. The Balaban J connectivity index is 2.23. The number of rotatable bonds is 1. The zero-order chi connectivity index (χ0) is 12.4. The van der Waals surface area contributed by atoms with Crippen molar-refractivity contribution in [1.82, 2.24) is 0 Å². The van der Waals surface area contributed by atoms with Crippen molar-refractivity contribution < 1.29 is 0 Å². The lowest BCUT2D eigenvalue weighted by Gasteiger charge is -2.13. The van der Waals surface area contributed by atoms with Gasteiger partial charge in [-0.15, -0.1) is 0 Å². The van der Waals surface area contributed by atoms with Crippen LogP contribution in [0.25, 0.3) is 10.8 Å². The second-order valence-corrected chi connectivity index (χ2v) is 5.22. The highest BCUT2D eigenvalue weighted by Crippen LogP contribution is 2.33. The van der Waals surface area contributed by atoms with E-state index in [4.69, 9.17) is 0 Å². The molecule has 3 rings (SSSR count). The molecule has 0 spiro atoms. The monoisotopic (exact) mass is 296 g/mol. The molecule has 0 N–H and O–H groups in total. The molecule has 0 saturated heterocycles. The minimum absolute atomic E-state index is 0.336. The van der Waals surface area contributed by atoms with Gasteiger partial charge in [-0.25, -0.2) is 0 Å². The van der Waals surface area contributed by atoms with E-state index < -0.39 is 0 Å². The Labute approximate surface area is 115 Å². The van der Waals surface area contributed by atoms with Crippen molar-refractivity contribution in [3.63, 3.8) is 0 Å². The lowest BCUT2D eigenvalue weighted by atomic mass is 9.93. The Morgan fingerprint density at radius 1 is 0.778 bits per heavy atom. The van der Waals surface area contributed by atoms with E-state index in [1.54, 1.807) is 0 Å². The second-order valence-electron chi connectivity index (χ2n) is 4.37. The molecule has 0 atom stereocenters. The Bertz CT molecular complexity index is 641. The normalized spacial score (nSPS) is 15.2. The van der Waals surface area contributed by atoms with Crippen LogP contribution in [0.5, 0.6) is 0 Å². The maximum absolute atomic E-state index is 3.67. The zero-order valence-electron chi connectivity index (χ0n) is 9.88. The maximum Gasteiger partial charge on any atom is 0.0256 e. The summed E-state index contributed by atoms with van der Waals surface area (Å²) in [4.78, 5) is 0. The predicted molar refractivity (Wildman–Crippen MR) is 81.8 cm³/mol. The van der Waals surface area contributed by atoms with E-state index in [9.17, 15) is 0 Å². The van der Waals surface area contributed by atoms with E-state index in [1.807, 2.05) is 0 Å². The van der Waals surface area contributed by atoms with Crippen LogP contribution in [0.3, 0.4) is 0 Å². The molecule has 0 radical (unpaired) electrons. The van der Waals surface area contributed by atoms with Crippen LogP contribution in [-0.4, -0.2) is 0 Å². The molecule has 0 saturated carbocycles. The third-order valence-electron chi connectivity index (χ3n) is 3.22. The average Bonchev–Trinajstić information content (AvgIpc) is 2.67. The van der Waals surface area contributed by atoms with Gasteiger partial charge in [0, 0.05) is 10.4 Å². The fourth-order valence-electron chi connectivity index (χ4n) is 2.37. The average molecular weight is 297 g/mol. The van der Waals surface area contributed by atoms with Gasteiger partial charge in [-0.05, 0) is 22.4 Å². The van der Waals surface area contributed by atoms with Crippen LogP contribution in [0.4, 0.5) is 0 Å². The molecule has 88 valence electrons. The first kappa shape index (κ1) is 11.5. The first-order chi connectivity index (χ1) is 8.86. The molecular weight excluding hydrogens is 284 g/mol. The molecule has 0 unspecified atom stereocenters. The predicted octanol–water partition coefficient (Wildman–Crippen LogP) is 5.37. The number of allylic oxidation sites excluding steroid dienone is 6. The summed E-state index contributed by atoms with van der Waals surface area (Å²) >= 11 is 3.67. The fourth-order valence-corrected chi connectivity index (χ4v) is 2.98. The van der Waals surface area contributed by atoms with Crippen molar-refractivity contribution in [2.75, 3.05) is 0 Å². The van der Waals surface area contributed by atoms with Gasteiger partial charge in [-0.2, -0.15) is 0 Å². The van der Waals surface area contributed by atoms with Gasteiger partial charge in [0.15, 0.2) is 0 Å². The smallest absolute Gasteiger partial charge is 0.0256 e. The molecule has 1 aliphatic rings. The van der Waals surface area contributed by atoms with Crippen molar-refractivity contribution in [1.29, 1.82) is 0 Å². The summed E-state index contributed by atoms with van der Waals surface area (Å²) < 4.78 is 1.16. The van der Waals surface area contributed by atoms with E-state index in [1.165, 1.54) is 16.3 Å². The molecule has 0 bridgehead atoms. The number of benzene rings is 2. The molecule has 2 aromatic carbocycles. The van der Waals surface area contributed by atoms with Gasteiger partial charge >= 0.3 is 0 Å². The summed E-state index contributed by atoms with van der Waals surface area (Å²) in [6.07, 6.45) is 12.8. The van der Waals surface area contributed by atoms with E-state index in [2.05, 4.69) is 88.8 Å². The van der Waals surface area contributed by atoms with Gasteiger partial charge in [0.05, 0.1) is 0 Å². The summed E-state index contributed by atoms with van der Waals surface area (Å²) in [5.41, 5.74) is 1.34. The van der Waals surface area contributed by atoms with Gasteiger partial charge in [0.25, 0.3) is 0 Å². The largest absolute Gasteiger partial charge is 0.0732 e. The van der Waals surface area contributed by atoms with E-state index in [0.29, 0.717) is 5.92 Å². The SMILES string of the molecule is Brc1cccc2cccc(C3C=CC=CC=C3)c12. The Morgan fingerprint density at radius 3 is 2.17 bits per heavy atom. The Kier molecular flexibility index (Phi) is 3.16. The Hall–Kier alpha value is -1.60. The molecule has 2 aromatic rings. The van der Waals surface area contributed by atoms with E-state index in [-0.39, 0.29) is 0 Å². The van der Waals surface area contributed by atoms with Crippen LogP contribution in [-0.2, 0) is 0 Å². The topological polar surface area (TPSA) is 0 Å². The van der Waals surface area contributed by atoms with Gasteiger partial charge in [-0.1, -0.05) is 82.7 Å². The summed E-state index contributed by atoms with van der Waals surface area (Å²) in [6.45, 7) is 0. The van der Waals surface area contributed by atoms with E-state index >= 15 is 0 Å². The molecule has 0 nitrogen and oxygen atoms in total. The van der Waals surface area contributed by atoms with Gasteiger partial charge < -0.3 is 0 Å². The summed E-state index contributed by atoms with van der Waals surface area (Å²) in [5.74, 6) is 0.336. The summed E-state index contributed by atoms with van der Waals surface area (Å²) in [7, 11) is 0. The van der Waals surface area contributed by atoms with Crippen LogP contribution >= 0.6 is 15.9 Å². The molecule has 1 heteroatoms. The number of hydrogen-bond donors (Lipinski definition) is 0. The van der Waals surface area contributed by atoms with Crippen molar-refractivity contribution in [3.05, 3.63) is 82.9 Å². The lowest BCUT2D eigenvalue weighted by molar-refractivity contribution is 1.10. The molecule has 0 aromatic heterocycles. The molecule has 18 heavy (non-hydrogen) atoms. The van der Waals surface area contributed by atoms with Crippen LogP contribution in [0, 0.1) is 0 Å². The molecule has 0 aliphatic heterocycles. The van der Waals surface area contributed by atoms with Gasteiger partial charge in [-0.3, -0.25) is 0 Å². The number of halogens is 1. The maximum atomic E-state index is 3.67. The molecule has 1 aliphatic carbocycles. The van der Waals surface area contributed by atoms with Crippen LogP contribution in [0.15, 0.2) is 77.3 Å². The second kappa shape index (κ2) is 4.95. The van der Waals surface area contributed by atoms with Crippen molar-refractivity contribution in [2.45, 2.75) is 5.92 Å². The minimum Gasteiger partial charge on any atom is -0.0732 e. The van der Waals surface area contributed by atoms with Crippen molar-refractivity contribution in [3.8, 4) is 0 Å². The molecule has 0 amide bonds. The minimum atomic E-state index is 0.336. The fraction of sp³-hybridized carbons (Fsp3) is 0.0588. The highest BCUT2D eigenvalue weighted by molar-refractivity contribution is 9.10. The van der Waals surface area contributed by atoms with Crippen LogP contribution in [0.2, 0.25) is 0 Å². The summed E-state index contributed by atoms with van der Waals surface area (Å²) in [6, 6.07) is 12.8. The number of fused-ring (bicyclic) bond motifs is 1. The first-order valence-corrected chi connectivity index (χ1v) is 6.84. The molecular formula is C17H13Br. The zero-order valence-corrected chi connectivity index (χ0v) is 11.5. The first-order valence-electron chi connectivity index (χ1n) is 6.05. The highest BCUT2D eigenvalue weighted by Gasteiger charge is 2.10. The van der Waals surface area contributed by atoms with Crippen LogP contribution in [0.1, 0.15) is 11.5 Å². The third kappa shape index (κ3) is 2.06. The summed E-state index contributed by atoms with van der Waals surface area (Å²) in [5, 5.41) is 2.59. The quantitative estimate of drug-likeness (QED) is 0.664. The Morgan fingerprint density at radius 2 is 1.44 bits per heavy atom. The van der Waals surface area contributed by atoms with Crippen LogP contribution < -0.4 is 0 Å². The van der Waals surface area contributed by atoms with E-state index in [0.717, 1.165) is 4.47 Å². The van der Waals surface area contributed by atoms with Crippen molar-refractivity contribution in [2.24, 2.45) is 0 Å². The van der Waals surface area contributed by atoms with Gasteiger partial charge in [0.2, 0.25) is 0 Å². The standard InChI is InChI=1S/C17H13Br/c18-16-12-6-10-14-9-5-11-15(17(14)16)13-7-3-1-2-4-8-13/h1-13H. The molecule has 0 fully saturated rings. The van der Waals surface area contributed by atoms with Gasteiger partial charge in [0.1, 0.15) is 0 Å². The molecule has 0 heterocycles. The highest BCUT2D eigenvalue weighted by atomic mass is 79.9. The third-order valence-corrected chi connectivity index (χ3v) is 3.88.